The van der Waals surface area contributed by atoms with Crippen LogP contribution in [0.1, 0.15) is 29.1 Å². The molecule has 1 aliphatic carbocycles. The van der Waals surface area contributed by atoms with Crippen LogP contribution in [0.2, 0.25) is 5.02 Å². The zero-order chi connectivity index (χ0) is 16.2. The van der Waals surface area contributed by atoms with Crippen molar-refractivity contribution in [3.05, 3.63) is 50.9 Å². The van der Waals surface area contributed by atoms with E-state index >= 15 is 0 Å². The number of hydrogen-bond acceptors (Lipinski definition) is 4. The fraction of sp³-hybridized carbons (Fsp3) is 0.412. The van der Waals surface area contributed by atoms with Gasteiger partial charge in [-0.3, -0.25) is 9.69 Å². The van der Waals surface area contributed by atoms with Crippen LogP contribution >= 0.6 is 22.9 Å². The maximum Gasteiger partial charge on any atom is 0.234 e. The Hall–Kier alpha value is -1.43. The quantitative estimate of drug-likeness (QED) is 0.835. The minimum Gasteiger partial charge on any atom is -0.352 e. The molecule has 1 aliphatic rings. The van der Waals surface area contributed by atoms with E-state index in [9.17, 15) is 4.79 Å². The third kappa shape index (κ3) is 5.30. The van der Waals surface area contributed by atoms with Crippen molar-refractivity contribution in [2.45, 2.75) is 31.8 Å². The Morgan fingerprint density at radius 2 is 2.13 bits per heavy atom. The first kappa shape index (κ1) is 16.4. The molecule has 1 saturated carbocycles. The van der Waals surface area contributed by atoms with Gasteiger partial charge >= 0.3 is 0 Å². The molecule has 0 aliphatic heterocycles. The van der Waals surface area contributed by atoms with E-state index in [0.29, 0.717) is 19.1 Å². The normalized spacial score (nSPS) is 14.2. The lowest BCUT2D eigenvalue weighted by Gasteiger charge is -2.14. The summed E-state index contributed by atoms with van der Waals surface area (Å²) in [5.74, 6) is 0.103. The summed E-state index contributed by atoms with van der Waals surface area (Å²) in [5.41, 5.74) is 2.22. The van der Waals surface area contributed by atoms with Gasteiger partial charge in [0.25, 0.3) is 0 Å². The minimum absolute atomic E-state index is 0.103. The topological polar surface area (TPSA) is 45.2 Å². The molecular weight excluding hydrogens is 330 g/mol. The van der Waals surface area contributed by atoms with Crippen molar-refractivity contribution in [2.75, 3.05) is 13.6 Å². The molecule has 0 radical (unpaired) electrons. The molecule has 0 saturated heterocycles. The van der Waals surface area contributed by atoms with Crippen molar-refractivity contribution in [2.24, 2.45) is 0 Å². The molecule has 4 nitrogen and oxygen atoms in total. The van der Waals surface area contributed by atoms with Gasteiger partial charge in [-0.2, -0.15) is 0 Å². The van der Waals surface area contributed by atoms with Gasteiger partial charge in [0, 0.05) is 29.4 Å². The third-order valence-corrected chi connectivity index (χ3v) is 4.81. The molecule has 1 aromatic carbocycles. The van der Waals surface area contributed by atoms with Crippen LogP contribution in [0.25, 0.3) is 0 Å². The van der Waals surface area contributed by atoms with Crippen molar-refractivity contribution in [3.63, 3.8) is 0 Å². The maximum atomic E-state index is 11.8. The number of benzene rings is 1. The Bertz CT molecular complexity index is 667. The Kier molecular flexibility index (Phi) is 5.30. The highest BCUT2D eigenvalue weighted by Crippen LogP contribution is 2.19. The van der Waals surface area contributed by atoms with Crippen molar-refractivity contribution in [3.8, 4) is 0 Å². The summed E-state index contributed by atoms with van der Waals surface area (Å²) < 4.78 is 0. The molecule has 122 valence electrons. The van der Waals surface area contributed by atoms with E-state index in [1.54, 1.807) is 11.3 Å². The largest absolute Gasteiger partial charge is 0.352 e. The molecule has 1 aromatic heterocycles. The van der Waals surface area contributed by atoms with Crippen LogP contribution in [0.15, 0.2) is 29.6 Å². The monoisotopic (exact) mass is 349 g/mol. The van der Waals surface area contributed by atoms with Gasteiger partial charge in [0.05, 0.1) is 17.2 Å². The number of rotatable bonds is 7. The first-order chi connectivity index (χ1) is 11.1. The Balaban J connectivity index is 1.49. The SMILES string of the molecule is CN(CC(=O)NC1CC1)Cc1csc(Cc2ccc(Cl)cc2)n1. The molecule has 2 aromatic rings. The number of thiazole rings is 1. The van der Waals surface area contributed by atoms with Crippen LogP contribution < -0.4 is 5.32 Å². The standard InChI is InChI=1S/C17H20ClN3OS/c1-21(10-16(22)19-14-6-7-14)9-15-11-23-17(20-15)8-12-2-4-13(18)5-3-12/h2-5,11,14H,6-10H2,1H3,(H,19,22). The zero-order valence-electron chi connectivity index (χ0n) is 13.1. The number of likely N-dealkylation sites (N-methyl/N-ethyl adjacent to an activating group) is 1. The lowest BCUT2D eigenvalue weighted by atomic mass is 10.2. The second kappa shape index (κ2) is 7.43. The van der Waals surface area contributed by atoms with Gasteiger partial charge in [0.2, 0.25) is 5.91 Å². The first-order valence-corrected chi connectivity index (χ1v) is 9.00. The van der Waals surface area contributed by atoms with Crippen molar-refractivity contribution >= 4 is 28.8 Å². The lowest BCUT2D eigenvalue weighted by Crippen LogP contribution is -2.36. The maximum absolute atomic E-state index is 11.8. The lowest BCUT2D eigenvalue weighted by molar-refractivity contribution is -0.122. The van der Waals surface area contributed by atoms with Crippen LogP contribution in [0.5, 0.6) is 0 Å². The molecular formula is C17H20ClN3OS. The number of carbonyl (C=O) groups excluding carboxylic acids is 1. The van der Waals surface area contributed by atoms with Gasteiger partial charge in [-0.1, -0.05) is 23.7 Å². The highest BCUT2D eigenvalue weighted by atomic mass is 35.5. The highest BCUT2D eigenvalue weighted by molar-refractivity contribution is 7.09. The summed E-state index contributed by atoms with van der Waals surface area (Å²) in [6.07, 6.45) is 3.05. The summed E-state index contributed by atoms with van der Waals surface area (Å²) in [5, 5.41) is 6.91. The number of carbonyl (C=O) groups is 1. The molecule has 23 heavy (non-hydrogen) atoms. The van der Waals surface area contributed by atoms with E-state index in [0.717, 1.165) is 35.0 Å². The second-order valence-corrected chi connectivity index (χ2v) is 7.43. The first-order valence-electron chi connectivity index (χ1n) is 7.74. The molecule has 1 fully saturated rings. The fourth-order valence-corrected chi connectivity index (χ4v) is 3.30. The summed E-state index contributed by atoms with van der Waals surface area (Å²) in [6, 6.07) is 8.27. The number of hydrogen-bond donors (Lipinski definition) is 1. The van der Waals surface area contributed by atoms with Crippen LogP contribution in [0.4, 0.5) is 0 Å². The van der Waals surface area contributed by atoms with Crippen molar-refractivity contribution in [1.29, 1.82) is 0 Å². The van der Waals surface area contributed by atoms with Crippen molar-refractivity contribution in [1.82, 2.24) is 15.2 Å². The number of amides is 1. The van der Waals surface area contributed by atoms with Gasteiger partial charge in [-0.05, 0) is 37.6 Å². The summed E-state index contributed by atoms with van der Waals surface area (Å²) in [6.45, 7) is 1.11. The van der Waals surface area contributed by atoms with Gasteiger partial charge in [-0.25, -0.2) is 4.98 Å². The van der Waals surface area contributed by atoms with E-state index in [1.807, 2.05) is 36.2 Å². The van der Waals surface area contributed by atoms with Gasteiger partial charge < -0.3 is 5.32 Å². The van der Waals surface area contributed by atoms with Gasteiger partial charge in [0.1, 0.15) is 0 Å². The molecule has 0 spiro atoms. The number of aromatic nitrogens is 1. The Labute approximate surface area is 145 Å². The zero-order valence-corrected chi connectivity index (χ0v) is 14.7. The fourth-order valence-electron chi connectivity index (χ4n) is 2.36. The number of nitrogens with one attached hydrogen (secondary N) is 1. The van der Waals surface area contributed by atoms with Crippen LogP contribution in [-0.2, 0) is 17.8 Å². The van der Waals surface area contributed by atoms with Crippen LogP contribution in [-0.4, -0.2) is 35.4 Å². The Morgan fingerprint density at radius 3 is 2.83 bits per heavy atom. The van der Waals surface area contributed by atoms with E-state index in [4.69, 9.17) is 11.6 Å². The second-order valence-electron chi connectivity index (χ2n) is 6.05. The summed E-state index contributed by atoms with van der Waals surface area (Å²) in [7, 11) is 1.95. The smallest absolute Gasteiger partial charge is 0.234 e. The highest BCUT2D eigenvalue weighted by Gasteiger charge is 2.23. The number of nitrogens with zero attached hydrogens (tertiary/aromatic N) is 2. The van der Waals surface area contributed by atoms with E-state index in [-0.39, 0.29) is 5.91 Å². The average molecular weight is 350 g/mol. The average Bonchev–Trinajstić information content (AvgIpc) is 3.20. The predicted octanol–water partition coefficient (Wildman–Crippen LogP) is 3.10. The molecule has 1 heterocycles. The Morgan fingerprint density at radius 1 is 1.39 bits per heavy atom. The van der Waals surface area contributed by atoms with Crippen LogP contribution in [0.3, 0.4) is 0 Å². The molecule has 0 bridgehead atoms. The van der Waals surface area contributed by atoms with E-state index in [2.05, 4.69) is 15.7 Å². The minimum atomic E-state index is 0.103. The molecule has 1 N–H and O–H groups in total. The summed E-state index contributed by atoms with van der Waals surface area (Å²) in [4.78, 5) is 18.4. The van der Waals surface area contributed by atoms with E-state index < -0.39 is 0 Å². The van der Waals surface area contributed by atoms with Crippen LogP contribution in [0, 0.1) is 0 Å². The molecule has 1 amide bonds. The van der Waals surface area contributed by atoms with E-state index in [1.165, 1.54) is 5.56 Å². The molecule has 0 atom stereocenters. The molecule has 3 rings (SSSR count). The van der Waals surface area contributed by atoms with Gasteiger partial charge in [0.15, 0.2) is 0 Å². The third-order valence-electron chi connectivity index (χ3n) is 3.66. The van der Waals surface area contributed by atoms with Crippen molar-refractivity contribution < 1.29 is 4.79 Å². The predicted molar refractivity (Wildman–Crippen MR) is 93.9 cm³/mol. The molecule has 6 heteroatoms. The summed E-state index contributed by atoms with van der Waals surface area (Å²) >= 11 is 7.56. The van der Waals surface area contributed by atoms with Gasteiger partial charge in [-0.15, -0.1) is 11.3 Å². The number of halogens is 1. The molecule has 0 unspecified atom stereocenters.